The molecule has 0 atom stereocenters. The van der Waals surface area contributed by atoms with Crippen LogP contribution in [0.2, 0.25) is 5.02 Å². The Hall–Kier alpha value is -1.85. The number of hydrogen-bond acceptors (Lipinski definition) is 5. The molecule has 1 aliphatic heterocycles. The van der Waals surface area contributed by atoms with E-state index in [2.05, 4.69) is 20.2 Å². The zero-order chi connectivity index (χ0) is 14.5. The van der Waals surface area contributed by atoms with Gasteiger partial charge in [0.1, 0.15) is 5.82 Å². The zero-order valence-electron chi connectivity index (χ0n) is 11.6. The molecule has 1 N–H and O–H groups in total. The first-order valence-electron chi connectivity index (χ1n) is 6.96. The fourth-order valence-electron chi connectivity index (χ4n) is 2.19. The summed E-state index contributed by atoms with van der Waals surface area (Å²) >= 11 is 6.15. The summed E-state index contributed by atoms with van der Waals surface area (Å²) < 4.78 is 5.34. The largest absolute Gasteiger partial charge is 0.378 e. The van der Waals surface area contributed by atoms with E-state index >= 15 is 0 Å². The van der Waals surface area contributed by atoms with E-state index in [0.717, 1.165) is 48.7 Å². The molecule has 21 heavy (non-hydrogen) atoms. The lowest BCUT2D eigenvalue weighted by Gasteiger charge is -2.26. The van der Waals surface area contributed by atoms with Gasteiger partial charge in [-0.1, -0.05) is 29.8 Å². The van der Waals surface area contributed by atoms with E-state index < -0.39 is 0 Å². The van der Waals surface area contributed by atoms with Crippen molar-refractivity contribution < 1.29 is 4.74 Å². The number of ether oxygens (including phenoxy) is 1. The average Bonchev–Trinajstić information content (AvgIpc) is 2.55. The zero-order valence-corrected chi connectivity index (χ0v) is 12.4. The lowest BCUT2D eigenvalue weighted by Crippen LogP contribution is -2.37. The Labute approximate surface area is 128 Å². The lowest BCUT2D eigenvalue weighted by molar-refractivity contribution is 0.122. The number of nitrogens with one attached hydrogen (secondary N) is 1. The summed E-state index contributed by atoms with van der Waals surface area (Å²) in [6, 6.07) is 9.65. The Morgan fingerprint density at radius 1 is 1.19 bits per heavy atom. The first kappa shape index (κ1) is 14.1. The predicted octanol–water partition coefficient (Wildman–Crippen LogP) is 2.58. The molecule has 1 fully saturated rings. The van der Waals surface area contributed by atoms with E-state index in [4.69, 9.17) is 16.3 Å². The Kier molecular flexibility index (Phi) is 4.52. The molecule has 3 rings (SSSR count). The molecule has 0 bridgehead atoms. The van der Waals surface area contributed by atoms with Crippen molar-refractivity contribution in [2.45, 2.75) is 6.54 Å². The van der Waals surface area contributed by atoms with Gasteiger partial charge in [-0.3, -0.25) is 0 Å². The quantitative estimate of drug-likeness (QED) is 0.941. The maximum Gasteiger partial charge on any atom is 0.227 e. The summed E-state index contributed by atoms with van der Waals surface area (Å²) in [5.41, 5.74) is 1.05. The van der Waals surface area contributed by atoms with Crippen molar-refractivity contribution in [3.63, 3.8) is 0 Å². The lowest BCUT2D eigenvalue weighted by atomic mass is 10.2. The summed E-state index contributed by atoms with van der Waals surface area (Å²) in [6.07, 6.45) is 1.77. The van der Waals surface area contributed by atoms with Crippen LogP contribution in [0.4, 0.5) is 11.8 Å². The predicted molar refractivity (Wildman–Crippen MR) is 83.8 cm³/mol. The second kappa shape index (κ2) is 6.74. The maximum absolute atomic E-state index is 6.15. The fraction of sp³-hybridized carbons (Fsp3) is 0.333. The van der Waals surface area contributed by atoms with Crippen LogP contribution in [0.3, 0.4) is 0 Å². The number of halogens is 1. The molecule has 1 aromatic carbocycles. The van der Waals surface area contributed by atoms with E-state index in [0.29, 0.717) is 6.54 Å². The van der Waals surface area contributed by atoms with Crippen LogP contribution in [0.1, 0.15) is 5.56 Å². The molecular formula is C15H17ClN4O. The molecule has 1 aliphatic rings. The highest BCUT2D eigenvalue weighted by Gasteiger charge is 2.13. The summed E-state index contributed by atoms with van der Waals surface area (Å²) in [5, 5.41) is 4.04. The van der Waals surface area contributed by atoms with Crippen molar-refractivity contribution >= 4 is 23.4 Å². The second-order valence-corrected chi connectivity index (χ2v) is 5.19. The van der Waals surface area contributed by atoms with Gasteiger partial charge < -0.3 is 15.0 Å². The van der Waals surface area contributed by atoms with Gasteiger partial charge in [0.15, 0.2) is 0 Å². The third kappa shape index (κ3) is 3.62. The van der Waals surface area contributed by atoms with Crippen molar-refractivity contribution in [2.75, 3.05) is 36.5 Å². The van der Waals surface area contributed by atoms with E-state index in [9.17, 15) is 0 Å². The van der Waals surface area contributed by atoms with Crippen molar-refractivity contribution in [1.29, 1.82) is 0 Å². The number of aromatic nitrogens is 2. The van der Waals surface area contributed by atoms with Gasteiger partial charge in [0.25, 0.3) is 0 Å². The average molecular weight is 305 g/mol. The van der Waals surface area contributed by atoms with Crippen LogP contribution >= 0.6 is 11.6 Å². The van der Waals surface area contributed by atoms with E-state index in [1.165, 1.54) is 0 Å². The second-order valence-electron chi connectivity index (χ2n) is 4.79. The van der Waals surface area contributed by atoms with Crippen molar-refractivity contribution in [2.24, 2.45) is 0 Å². The van der Waals surface area contributed by atoms with Gasteiger partial charge in [-0.2, -0.15) is 4.98 Å². The van der Waals surface area contributed by atoms with Crippen LogP contribution in [0.5, 0.6) is 0 Å². The third-order valence-electron chi connectivity index (χ3n) is 3.35. The monoisotopic (exact) mass is 304 g/mol. The highest BCUT2D eigenvalue weighted by atomic mass is 35.5. The molecule has 5 nitrogen and oxygen atoms in total. The van der Waals surface area contributed by atoms with Gasteiger partial charge in [-0.05, 0) is 17.7 Å². The number of morpholine rings is 1. The Morgan fingerprint density at radius 3 is 2.81 bits per heavy atom. The number of rotatable bonds is 4. The van der Waals surface area contributed by atoms with Gasteiger partial charge in [0.2, 0.25) is 5.95 Å². The molecule has 2 heterocycles. The van der Waals surface area contributed by atoms with E-state index in [1.54, 1.807) is 6.20 Å². The van der Waals surface area contributed by atoms with Crippen molar-refractivity contribution in [1.82, 2.24) is 9.97 Å². The highest BCUT2D eigenvalue weighted by molar-refractivity contribution is 6.31. The fourth-order valence-corrected chi connectivity index (χ4v) is 2.39. The van der Waals surface area contributed by atoms with Crippen LogP contribution in [-0.2, 0) is 11.3 Å². The van der Waals surface area contributed by atoms with Gasteiger partial charge in [0, 0.05) is 30.9 Å². The minimum Gasteiger partial charge on any atom is -0.378 e. The third-order valence-corrected chi connectivity index (χ3v) is 3.72. The SMILES string of the molecule is Clc1ccccc1CNc1ccnc(N2CCOCC2)n1. The smallest absolute Gasteiger partial charge is 0.227 e. The molecule has 0 amide bonds. The normalized spacial score (nSPS) is 15.0. The van der Waals surface area contributed by atoms with Crippen LogP contribution in [-0.4, -0.2) is 36.3 Å². The number of anilines is 2. The maximum atomic E-state index is 6.15. The summed E-state index contributed by atoms with van der Waals surface area (Å²) in [5.74, 6) is 1.54. The highest BCUT2D eigenvalue weighted by Crippen LogP contribution is 2.17. The van der Waals surface area contributed by atoms with Gasteiger partial charge >= 0.3 is 0 Å². The molecule has 0 spiro atoms. The molecule has 0 aliphatic carbocycles. The molecular weight excluding hydrogens is 288 g/mol. The summed E-state index contributed by atoms with van der Waals surface area (Å²) in [7, 11) is 0. The minimum atomic E-state index is 0.638. The first-order chi connectivity index (χ1) is 10.3. The number of nitrogens with zero attached hydrogens (tertiary/aromatic N) is 3. The molecule has 1 aromatic heterocycles. The van der Waals surface area contributed by atoms with Gasteiger partial charge in [-0.15, -0.1) is 0 Å². The first-order valence-corrected chi connectivity index (χ1v) is 7.34. The Balaban J connectivity index is 1.67. The molecule has 6 heteroatoms. The van der Waals surface area contributed by atoms with Crippen LogP contribution in [0.15, 0.2) is 36.5 Å². The standard InChI is InChI=1S/C15H17ClN4O/c16-13-4-2-1-3-12(13)11-18-14-5-6-17-15(19-14)20-7-9-21-10-8-20/h1-6H,7-11H2,(H,17,18,19). The van der Waals surface area contributed by atoms with Crippen LogP contribution < -0.4 is 10.2 Å². The number of benzene rings is 1. The van der Waals surface area contributed by atoms with Crippen molar-refractivity contribution in [3.8, 4) is 0 Å². The van der Waals surface area contributed by atoms with E-state index in [-0.39, 0.29) is 0 Å². The van der Waals surface area contributed by atoms with Gasteiger partial charge in [-0.25, -0.2) is 4.98 Å². The van der Waals surface area contributed by atoms with Crippen LogP contribution in [0, 0.1) is 0 Å². The molecule has 0 unspecified atom stereocenters. The molecule has 0 radical (unpaired) electrons. The molecule has 2 aromatic rings. The Bertz CT molecular complexity index is 602. The Morgan fingerprint density at radius 2 is 2.00 bits per heavy atom. The van der Waals surface area contributed by atoms with Crippen molar-refractivity contribution in [3.05, 3.63) is 47.1 Å². The molecule has 110 valence electrons. The topological polar surface area (TPSA) is 50.3 Å². The molecule has 1 saturated heterocycles. The minimum absolute atomic E-state index is 0.638. The van der Waals surface area contributed by atoms with Crippen LogP contribution in [0.25, 0.3) is 0 Å². The summed E-state index contributed by atoms with van der Waals surface area (Å²) in [6.45, 7) is 3.74. The van der Waals surface area contributed by atoms with E-state index in [1.807, 2.05) is 30.3 Å². The molecule has 0 saturated carbocycles. The van der Waals surface area contributed by atoms with Gasteiger partial charge in [0.05, 0.1) is 13.2 Å². The number of hydrogen-bond donors (Lipinski definition) is 1. The summed E-state index contributed by atoms with van der Waals surface area (Å²) in [4.78, 5) is 11.0.